The van der Waals surface area contributed by atoms with E-state index in [1.165, 1.54) is 31.3 Å². The molecule has 0 radical (unpaired) electrons. The molecule has 0 bridgehead atoms. The van der Waals surface area contributed by atoms with E-state index >= 15 is 0 Å². The smallest absolute Gasteiger partial charge is 0.225 e. The molecule has 4 nitrogen and oxygen atoms in total. The monoisotopic (exact) mass is 443 g/mol. The molecule has 3 fully saturated rings. The van der Waals surface area contributed by atoms with E-state index in [4.69, 9.17) is 0 Å². The molecule has 3 saturated carbocycles. The van der Waals surface area contributed by atoms with Crippen LogP contribution in [0.25, 0.3) is 0 Å². The van der Waals surface area contributed by atoms with Gasteiger partial charge in [0.2, 0.25) is 5.91 Å². The first-order chi connectivity index (χ1) is 14.9. The van der Waals surface area contributed by atoms with Crippen LogP contribution in [-0.4, -0.2) is 34.9 Å². The number of carbonyl (C=O) groups excluding carboxylic acids is 1. The number of hydrogen-bond donors (Lipinski definition) is 3. The zero-order valence-electron chi connectivity index (χ0n) is 20.9. The van der Waals surface area contributed by atoms with Crippen LogP contribution in [0, 0.1) is 28.6 Å². The van der Waals surface area contributed by atoms with Gasteiger partial charge in [-0.25, -0.2) is 0 Å². The van der Waals surface area contributed by atoms with Crippen molar-refractivity contribution in [2.45, 2.75) is 98.2 Å². The summed E-state index contributed by atoms with van der Waals surface area (Å²) < 4.78 is 0. The third-order valence-electron chi connectivity index (χ3n) is 8.56. The number of amides is 1. The average Bonchev–Trinajstić information content (AvgIpc) is 3.06. The summed E-state index contributed by atoms with van der Waals surface area (Å²) in [7, 11) is 0. The molecule has 3 aliphatic carbocycles. The Morgan fingerprint density at radius 2 is 2.00 bits per heavy atom. The van der Waals surface area contributed by atoms with Crippen LogP contribution in [-0.2, 0) is 4.79 Å². The molecule has 0 unspecified atom stereocenters. The number of aliphatic hydroxyl groups is 2. The molecule has 3 rings (SSSR count). The van der Waals surface area contributed by atoms with Crippen molar-refractivity contribution in [3.05, 3.63) is 35.5 Å². The lowest BCUT2D eigenvalue weighted by molar-refractivity contribution is -0.128. The molecule has 4 heteroatoms. The Balaban J connectivity index is 1.67. The summed E-state index contributed by atoms with van der Waals surface area (Å²) in [5, 5.41) is 23.3. The first kappa shape index (κ1) is 25.2. The Kier molecular flexibility index (Phi) is 7.77. The minimum atomic E-state index is -0.629. The molecule has 0 aromatic carbocycles. The van der Waals surface area contributed by atoms with E-state index in [0.717, 1.165) is 30.5 Å². The molecule has 0 aliphatic heterocycles. The molecule has 180 valence electrons. The van der Waals surface area contributed by atoms with Crippen molar-refractivity contribution in [2.24, 2.45) is 28.6 Å². The number of carbonyl (C=O) groups is 1. The maximum absolute atomic E-state index is 12.2. The summed E-state index contributed by atoms with van der Waals surface area (Å²) in [5.41, 5.74) is 3.28. The van der Waals surface area contributed by atoms with Crippen molar-refractivity contribution in [1.82, 2.24) is 5.32 Å². The van der Waals surface area contributed by atoms with Gasteiger partial charge in [-0.15, -0.1) is 0 Å². The fourth-order valence-corrected chi connectivity index (χ4v) is 6.56. The average molecular weight is 444 g/mol. The van der Waals surface area contributed by atoms with Gasteiger partial charge >= 0.3 is 0 Å². The van der Waals surface area contributed by atoms with Crippen molar-refractivity contribution in [1.29, 1.82) is 0 Å². The number of nitrogens with one attached hydrogen (secondary N) is 1. The third-order valence-corrected chi connectivity index (χ3v) is 8.56. The molecule has 0 heterocycles. The Morgan fingerprint density at radius 1 is 1.28 bits per heavy atom. The predicted octanol–water partition coefficient (Wildman–Crippen LogP) is 5.32. The number of allylic oxidation sites excluding steroid dienone is 3. The minimum absolute atomic E-state index is 0.135. The number of hydrogen-bond acceptors (Lipinski definition) is 3. The molecule has 1 amide bonds. The summed E-state index contributed by atoms with van der Waals surface area (Å²) in [6, 6.07) is 0. The molecule has 0 spiro atoms. The lowest BCUT2D eigenvalue weighted by Crippen LogP contribution is -2.38. The second-order valence-corrected chi connectivity index (χ2v) is 11.9. The standard InChI is InChI=1S/C28H45NO3/c1-18(13-15-29-26(32)27(3,4)5)23-11-12-24-20(8-7-14-28(23,24)6)9-10-21-16-22(30)17-25(31)19(21)2/h9-10,18,22-25,30-31H,2,7-8,11-17H2,1,3-6H3,(H,29,32)/b20-9+,21-10-/t18-,22-,23-,24+,25+,28-/m1/s1. The molecular formula is C28H45NO3. The normalized spacial score (nSPS) is 36.9. The summed E-state index contributed by atoms with van der Waals surface area (Å²) in [4.78, 5) is 12.2. The summed E-state index contributed by atoms with van der Waals surface area (Å²) >= 11 is 0. The van der Waals surface area contributed by atoms with Crippen LogP contribution in [0.15, 0.2) is 35.5 Å². The van der Waals surface area contributed by atoms with Crippen LogP contribution in [0.1, 0.15) is 86.0 Å². The van der Waals surface area contributed by atoms with Gasteiger partial charge in [-0.05, 0) is 79.3 Å². The van der Waals surface area contributed by atoms with Crippen LogP contribution < -0.4 is 5.32 Å². The van der Waals surface area contributed by atoms with Crippen LogP contribution in [0.4, 0.5) is 0 Å². The van der Waals surface area contributed by atoms with Crippen LogP contribution in [0.3, 0.4) is 0 Å². The van der Waals surface area contributed by atoms with Crippen molar-refractivity contribution < 1.29 is 15.0 Å². The minimum Gasteiger partial charge on any atom is -0.393 e. The maximum Gasteiger partial charge on any atom is 0.225 e. The van der Waals surface area contributed by atoms with E-state index in [1.54, 1.807) is 0 Å². The number of aliphatic hydroxyl groups excluding tert-OH is 2. The van der Waals surface area contributed by atoms with E-state index in [9.17, 15) is 15.0 Å². The van der Waals surface area contributed by atoms with Crippen LogP contribution in [0.2, 0.25) is 0 Å². The molecule has 32 heavy (non-hydrogen) atoms. The first-order valence-corrected chi connectivity index (χ1v) is 12.7. The van der Waals surface area contributed by atoms with Crippen molar-refractivity contribution in [3.63, 3.8) is 0 Å². The molecule has 6 atom stereocenters. The lowest BCUT2D eigenvalue weighted by Gasteiger charge is -2.44. The van der Waals surface area contributed by atoms with Gasteiger partial charge < -0.3 is 15.5 Å². The van der Waals surface area contributed by atoms with Gasteiger partial charge in [0.15, 0.2) is 0 Å². The Labute approximate surface area is 195 Å². The van der Waals surface area contributed by atoms with Crippen molar-refractivity contribution in [3.8, 4) is 0 Å². The fourth-order valence-electron chi connectivity index (χ4n) is 6.56. The topological polar surface area (TPSA) is 69.6 Å². The van der Waals surface area contributed by atoms with E-state index < -0.39 is 12.2 Å². The highest BCUT2D eigenvalue weighted by molar-refractivity contribution is 5.81. The van der Waals surface area contributed by atoms with Crippen LogP contribution in [0.5, 0.6) is 0 Å². The molecule has 0 aromatic rings. The van der Waals surface area contributed by atoms with E-state index in [1.807, 2.05) is 20.8 Å². The van der Waals surface area contributed by atoms with Crippen molar-refractivity contribution in [2.75, 3.05) is 6.54 Å². The maximum atomic E-state index is 12.2. The zero-order chi connectivity index (χ0) is 23.7. The number of fused-ring (bicyclic) bond motifs is 1. The molecule has 3 N–H and O–H groups in total. The van der Waals surface area contributed by atoms with E-state index in [-0.39, 0.29) is 11.3 Å². The van der Waals surface area contributed by atoms with E-state index in [0.29, 0.717) is 36.0 Å². The number of rotatable bonds is 5. The second-order valence-electron chi connectivity index (χ2n) is 11.9. The van der Waals surface area contributed by atoms with Crippen molar-refractivity contribution >= 4 is 5.91 Å². The quantitative estimate of drug-likeness (QED) is 0.539. The largest absolute Gasteiger partial charge is 0.393 e. The van der Waals surface area contributed by atoms with Gasteiger partial charge in [0.1, 0.15) is 0 Å². The van der Waals surface area contributed by atoms with Gasteiger partial charge in [0, 0.05) is 18.4 Å². The highest BCUT2D eigenvalue weighted by atomic mass is 16.3. The van der Waals surface area contributed by atoms with Gasteiger partial charge in [-0.3, -0.25) is 4.79 Å². The van der Waals surface area contributed by atoms with Gasteiger partial charge in [-0.2, -0.15) is 0 Å². The predicted molar refractivity (Wildman–Crippen MR) is 131 cm³/mol. The highest BCUT2D eigenvalue weighted by Crippen LogP contribution is 2.59. The second kappa shape index (κ2) is 9.85. The molecule has 0 aromatic heterocycles. The molecular weight excluding hydrogens is 398 g/mol. The molecule has 3 aliphatic rings. The molecule has 0 saturated heterocycles. The fraction of sp³-hybridized carbons (Fsp3) is 0.750. The summed E-state index contributed by atoms with van der Waals surface area (Å²) in [5.74, 6) is 2.02. The van der Waals surface area contributed by atoms with Crippen LogP contribution >= 0.6 is 0 Å². The van der Waals surface area contributed by atoms with Gasteiger partial charge in [0.25, 0.3) is 0 Å². The Bertz CT molecular complexity index is 774. The van der Waals surface area contributed by atoms with Gasteiger partial charge in [-0.1, -0.05) is 58.9 Å². The third kappa shape index (κ3) is 5.39. The highest BCUT2D eigenvalue weighted by Gasteiger charge is 2.50. The Hall–Kier alpha value is -1.39. The summed E-state index contributed by atoms with van der Waals surface area (Å²) in [6.07, 6.45) is 11.4. The van der Waals surface area contributed by atoms with E-state index in [2.05, 4.69) is 37.9 Å². The SMILES string of the molecule is C=C1/C(=C\C=C2/CCC[C@]3(C)[C@@H]([C@H](C)CCNC(=O)C(C)(C)C)CC[C@@H]23)C[C@@H](O)C[C@@H]1O. The zero-order valence-corrected chi connectivity index (χ0v) is 20.9. The first-order valence-electron chi connectivity index (χ1n) is 12.7. The van der Waals surface area contributed by atoms with Gasteiger partial charge in [0.05, 0.1) is 12.2 Å². The summed E-state index contributed by atoms with van der Waals surface area (Å²) in [6.45, 7) is 15.6. The lowest BCUT2D eigenvalue weighted by atomic mass is 9.61. The Morgan fingerprint density at radius 3 is 2.69 bits per heavy atom.